The summed E-state index contributed by atoms with van der Waals surface area (Å²) in [5.41, 5.74) is -0.296. The molecule has 2 aromatic heterocycles. The molecule has 1 aliphatic heterocycles. The fourth-order valence-electron chi connectivity index (χ4n) is 3.83. The summed E-state index contributed by atoms with van der Waals surface area (Å²) < 4.78 is 73.0. The van der Waals surface area contributed by atoms with Gasteiger partial charge in [-0.15, -0.1) is 0 Å². The van der Waals surface area contributed by atoms with Crippen LogP contribution >= 0.6 is 0 Å². The van der Waals surface area contributed by atoms with Gasteiger partial charge in [-0.1, -0.05) is 0 Å². The Morgan fingerprint density at radius 3 is 2.67 bits per heavy atom. The van der Waals surface area contributed by atoms with E-state index in [0.29, 0.717) is 18.7 Å². The van der Waals surface area contributed by atoms with Gasteiger partial charge in [0.15, 0.2) is 0 Å². The van der Waals surface area contributed by atoms with E-state index >= 15 is 0 Å². The number of halogens is 5. The molecule has 1 amide bonds. The second-order valence-electron chi connectivity index (χ2n) is 7.79. The monoisotopic (exact) mass is 469 g/mol. The number of rotatable bonds is 6. The van der Waals surface area contributed by atoms with Gasteiger partial charge in [-0.25, -0.2) is 18.7 Å². The highest BCUT2D eigenvalue weighted by Crippen LogP contribution is 2.35. The van der Waals surface area contributed by atoms with Gasteiger partial charge in [0.2, 0.25) is 0 Å². The minimum absolute atomic E-state index is 0.0143. The molecule has 0 unspecified atom stereocenters. The number of alkyl halides is 5. The van der Waals surface area contributed by atoms with Crippen molar-refractivity contribution in [3.8, 4) is 0 Å². The van der Waals surface area contributed by atoms with Crippen molar-refractivity contribution in [1.82, 2.24) is 24.8 Å². The summed E-state index contributed by atoms with van der Waals surface area (Å²) >= 11 is 0. The van der Waals surface area contributed by atoms with E-state index in [1.807, 2.05) is 0 Å². The van der Waals surface area contributed by atoms with Crippen LogP contribution in [0.3, 0.4) is 0 Å². The number of hydrogen-bond acceptors (Lipinski definition) is 5. The third-order valence-corrected chi connectivity index (χ3v) is 5.44. The van der Waals surface area contributed by atoms with Crippen molar-refractivity contribution in [2.45, 2.75) is 38.5 Å². The lowest BCUT2D eigenvalue weighted by Crippen LogP contribution is -2.36. The van der Waals surface area contributed by atoms with E-state index in [1.165, 1.54) is 12.4 Å². The van der Waals surface area contributed by atoms with E-state index in [2.05, 4.69) is 20.3 Å². The van der Waals surface area contributed by atoms with Crippen molar-refractivity contribution in [2.75, 3.05) is 13.2 Å². The number of nitrogens with one attached hydrogen (secondary N) is 1. The Morgan fingerprint density at radius 1 is 1.27 bits per heavy atom. The van der Waals surface area contributed by atoms with Gasteiger partial charge in [-0.2, -0.15) is 13.2 Å². The van der Waals surface area contributed by atoms with E-state index in [4.69, 9.17) is 4.74 Å². The highest BCUT2D eigenvalue weighted by molar-refractivity contribution is 5.92. The highest BCUT2D eigenvalue weighted by Gasteiger charge is 2.35. The fraction of sp³-hybridized carbons (Fsp3) is 0.429. The summed E-state index contributed by atoms with van der Waals surface area (Å²) in [7, 11) is 0. The summed E-state index contributed by atoms with van der Waals surface area (Å²) in [5.74, 6) is -0.887. The quantitative estimate of drug-likeness (QED) is 0.554. The van der Waals surface area contributed by atoms with Gasteiger partial charge in [0, 0.05) is 18.7 Å². The molecule has 3 aromatic rings. The first kappa shape index (κ1) is 23.0. The summed E-state index contributed by atoms with van der Waals surface area (Å²) in [4.78, 5) is 25.2. The predicted molar refractivity (Wildman–Crippen MR) is 107 cm³/mol. The van der Waals surface area contributed by atoms with E-state index < -0.39 is 36.7 Å². The first-order valence-corrected chi connectivity index (χ1v) is 10.2. The van der Waals surface area contributed by atoms with Crippen LogP contribution in [0.2, 0.25) is 0 Å². The maximum absolute atomic E-state index is 13.4. The van der Waals surface area contributed by atoms with Crippen molar-refractivity contribution in [1.29, 1.82) is 0 Å². The number of carbonyl (C=O) groups is 1. The molecule has 33 heavy (non-hydrogen) atoms. The lowest BCUT2D eigenvalue weighted by Gasteiger charge is -2.24. The molecule has 1 aromatic carbocycles. The largest absolute Gasteiger partial charge is 0.416 e. The van der Waals surface area contributed by atoms with Crippen LogP contribution in [0.1, 0.15) is 40.0 Å². The van der Waals surface area contributed by atoms with Crippen LogP contribution in [0.15, 0.2) is 30.6 Å². The van der Waals surface area contributed by atoms with Crippen molar-refractivity contribution in [3.05, 3.63) is 53.4 Å². The third kappa shape index (κ3) is 4.95. The van der Waals surface area contributed by atoms with Crippen molar-refractivity contribution in [3.63, 3.8) is 0 Å². The van der Waals surface area contributed by atoms with Crippen LogP contribution < -0.4 is 5.32 Å². The van der Waals surface area contributed by atoms with E-state index in [-0.39, 0.29) is 35.1 Å². The first-order valence-electron chi connectivity index (χ1n) is 10.2. The van der Waals surface area contributed by atoms with E-state index in [1.54, 1.807) is 6.92 Å². The van der Waals surface area contributed by atoms with E-state index in [0.717, 1.165) is 22.8 Å². The minimum Gasteiger partial charge on any atom is -0.381 e. The Kier molecular flexibility index (Phi) is 6.28. The maximum atomic E-state index is 13.4. The SMILES string of the molecule is Cc1cnc(C(=O)N[C@H](c2nc3cc(C(F)(F)F)ccc3n2CC(F)F)[C@H]2CCOC2)cn1. The predicted octanol–water partition coefficient (Wildman–Crippen LogP) is 3.93. The fourth-order valence-corrected chi connectivity index (χ4v) is 3.83. The molecule has 0 radical (unpaired) electrons. The molecule has 0 bridgehead atoms. The summed E-state index contributed by atoms with van der Waals surface area (Å²) in [6, 6.07) is 1.87. The van der Waals surface area contributed by atoms with Gasteiger partial charge in [0.1, 0.15) is 11.5 Å². The molecule has 1 saturated heterocycles. The van der Waals surface area contributed by atoms with E-state index in [9.17, 15) is 26.7 Å². The lowest BCUT2D eigenvalue weighted by molar-refractivity contribution is -0.137. The van der Waals surface area contributed by atoms with Crippen LogP contribution in [0, 0.1) is 12.8 Å². The van der Waals surface area contributed by atoms with Crippen molar-refractivity contribution in [2.24, 2.45) is 5.92 Å². The number of fused-ring (bicyclic) bond motifs is 1. The average molecular weight is 469 g/mol. The number of carbonyl (C=O) groups excluding carboxylic acids is 1. The number of aromatic nitrogens is 4. The second-order valence-corrected chi connectivity index (χ2v) is 7.79. The molecule has 12 heteroatoms. The van der Waals surface area contributed by atoms with Crippen LogP contribution in [0.5, 0.6) is 0 Å². The standard InChI is InChI=1S/C21H20F5N5O2/c1-11-7-28-15(8-27-11)20(32)30-18(12-4-5-33-10-12)19-29-14-6-13(21(24,25)26)2-3-16(14)31(19)9-17(22)23/h2-3,6-8,12,17-18H,4-5,9-10H2,1H3,(H,30,32)/t12-,18-/m0/s1. The Hall–Kier alpha value is -3.15. The maximum Gasteiger partial charge on any atom is 0.416 e. The number of amides is 1. The Balaban J connectivity index is 1.79. The number of nitrogens with zero attached hydrogens (tertiary/aromatic N) is 4. The molecular weight excluding hydrogens is 449 g/mol. The van der Waals surface area contributed by atoms with Gasteiger partial charge < -0.3 is 14.6 Å². The van der Waals surface area contributed by atoms with Gasteiger partial charge in [-0.05, 0) is 31.5 Å². The molecule has 1 aliphatic rings. The molecule has 0 aliphatic carbocycles. The number of ether oxygens (including phenoxy) is 1. The minimum atomic E-state index is -4.61. The molecule has 0 saturated carbocycles. The van der Waals surface area contributed by atoms with Crippen molar-refractivity contribution < 1.29 is 31.5 Å². The Bertz CT molecular complexity index is 1140. The molecule has 4 rings (SSSR count). The van der Waals surface area contributed by atoms with Crippen LogP contribution in [-0.4, -0.2) is 45.1 Å². The number of hydrogen-bond donors (Lipinski definition) is 1. The molecule has 0 spiro atoms. The zero-order valence-electron chi connectivity index (χ0n) is 17.4. The zero-order chi connectivity index (χ0) is 23.8. The molecule has 2 atom stereocenters. The second kappa shape index (κ2) is 9.00. The molecule has 176 valence electrons. The number of aryl methyl sites for hydroxylation is 1. The smallest absolute Gasteiger partial charge is 0.381 e. The zero-order valence-corrected chi connectivity index (χ0v) is 17.4. The molecule has 7 nitrogen and oxygen atoms in total. The summed E-state index contributed by atoms with van der Waals surface area (Å²) in [6.07, 6.45) is -4.20. The average Bonchev–Trinajstić information content (AvgIpc) is 3.40. The number of benzene rings is 1. The van der Waals surface area contributed by atoms with Gasteiger partial charge in [-0.3, -0.25) is 9.78 Å². The summed E-state index contributed by atoms with van der Waals surface area (Å²) in [5, 5.41) is 2.76. The van der Waals surface area contributed by atoms with Crippen LogP contribution in [0.4, 0.5) is 22.0 Å². The Labute approximate surface area is 185 Å². The highest BCUT2D eigenvalue weighted by atomic mass is 19.4. The van der Waals surface area contributed by atoms with Gasteiger partial charge >= 0.3 is 6.18 Å². The van der Waals surface area contributed by atoms with Crippen LogP contribution in [-0.2, 0) is 17.5 Å². The van der Waals surface area contributed by atoms with Crippen LogP contribution in [0.25, 0.3) is 11.0 Å². The van der Waals surface area contributed by atoms with Gasteiger partial charge in [0.25, 0.3) is 12.3 Å². The Morgan fingerprint density at radius 2 is 2.06 bits per heavy atom. The number of imidazole rings is 1. The lowest BCUT2D eigenvalue weighted by atomic mass is 9.98. The molecular formula is C21H20F5N5O2. The summed E-state index contributed by atoms with van der Waals surface area (Å²) in [6.45, 7) is 1.54. The topological polar surface area (TPSA) is 81.9 Å². The molecule has 3 heterocycles. The molecule has 1 N–H and O–H groups in total. The first-order chi connectivity index (χ1) is 15.6. The van der Waals surface area contributed by atoms with Crippen molar-refractivity contribution >= 4 is 16.9 Å². The van der Waals surface area contributed by atoms with Gasteiger partial charge in [0.05, 0.1) is 47.7 Å². The molecule has 1 fully saturated rings. The third-order valence-electron chi connectivity index (χ3n) is 5.44. The normalized spacial score (nSPS) is 17.6.